The van der Waals surface area contributed by atoms with Crippen molar-refractivity contribution in [3.05, 3.63) is 52.9 Å². The van der Waals surface area contributed by atoms with Gasteiger partial charge < -0.3 is 15.6 Å². The SMILES string of the molecule is Cc1ccc(N)cc1Nc1ccc2ncn(C)c(=S)c2c1. The fourth-order valence-corrected chi connectivity index (χ4v) is 2.43. The molecule has 3 N–H and O–H groups in total. The highest BCUT2D eigenvalue weighted by molar-refractivity contribution is 7.71. The minimum absolute atomic E-state index is 0.737. The van der Waals surface area contributed by atoms with Crippen molar-refractivity contribution >= 4 is 40.2 Å². The van der Waals surface area contributed by atoms with E-state index in [1.165, 1.54) is 0 Å². The summed E-state index contributed by atoms with van der Waals surface area (Å²) in [6.07, 6.45) is 1.74. The van der Waals surface area contributed by atoms with Crippen LogP contribution in [0.2, 0.25) is 0 Å². The van der Waals surface area contributed by atoms with Crippen LogP contribution in [0.1, 0.15) is 5.56 Å². The molecule has 3 rings (SSSR count). The van der Waals surface area contributed by atoms with Crippen molar-refractivity contribution in [2.45, 2.75) is 6.92 Å². The predicted octanol–water partition coefficient (Wildman–Crippen LogP) is 3.94. The molecule has 0 aliphatic rings. The van der Waals surface area contributed by atoms with Gasteiger partial charge >= 0.3 is 0 Å². The van der Waals surface area contributed by atoms with Gasteiger partial charge in [0.2, 0.25) is 0 Å². The van der Waals surface area contributed by atoms with Gasteiger partial charge in [-0.1, -0.05) is 18.3 Å². The number of anilines is 3. The molecule has 4 nitrogen and oxygen atoms in total. The van der Waals surface area contributed by atoms with E-state index < -0.39 is 0 Å². The van der Waals surface area contributed by atoms with Crippen LogP contribution in [0, 0.1) is 11.6 Å². The van der Waals surface area contributed by atoms with Crippen LogP contribution in [-0.4, -0.2) is 9.55 Å². The predicted molar refractivity (Wildman–Crippen MR) is 90.4 cm³/mol. The van der Waals surface area contributed by atoms with Crippen LogP contribution in [0.4, 0.5) is 17.1 Å². The maximum absolute atomic E-state index is 5.85. The fourth-order valence-electron chi connectivity index (χ4n) is 2.22. The first-order valence-corrected chi connectivity index (χ1v) is 7.04. The number of hydrogen-bond donors (Lipinski definition) is 2. The number of nitrogen functional groups attached to an aromatic ring is 1. The molecule has 0 atom stereocenters. The zero-order valence-electron chi connectivity index (χ0n) is 11.9. The summed E-state index contributed by atoms with van der Waals surface area (Å²) in [6, 6.07) is 11.8. The molecule has 0 saturated heterocycles. The standard InChI is InChI=1S/C16H16N4S/c1-10-3-4-11(17)7-15(10)19-12-5-6-14-13(8-12)16(21)20(2)9-18-14/h3-9,19H,17H2,1-2H3. The normalized spacial score (nSPS) is 10.8. The Balaban J connectivity index is 2.07. The topological polar surface area (TPSA) is 55.9 Å². The number of aromatic nitrogens is 2. The maximum Gasteiger partial charge on any atom is 0.116 e. The largest absolute Gasteiger partial charge is 0.399 e. The third-order valence-corrected chi connectivity index (χ3v) is 3.97. The molecule has 21 heavy (non-hydrogen) atoms. The van der Waals surface area contributed by atoms with E-state index in [-0.39, 0.29) is 0 Å². The second-order valence-corrected chi connectivity index (χ2v) is 5.48. The van der Waals surface area contributed by atoms with Crippen LogP contribution in [0.15, 0.2) is 42.7 Å². The van der Waals surface area contributed by atoms with Gasteiger partial charge in [-0.15, -0.1) is 0 Å². The van der Waals surface area contributed by atoms with Crippen molar-refractivity contribution in [1.29, 1.82) is 0 Å². The van der Waals surface area contributed by atoms with E-state index in [1.807, 2.05) is 54.9 Å². The Morgan fingerprint density at radius 1 is 1.19 bits per heavy atom. The van der Waals surface area contributed by atoms with Crippen LogP contribution < -0.4 is 11.1 Å². The lowest BCUT2D eigenvalue weighted by Crippen LogP contribution is -1.98. The molecule has 0 radical (unpaired) electrons. The number of benzene rings is 2. The number of hydrogen-bond acceptors (Lipinski definition) is 4. The highest BCUT2D eigenvalue weighted by Gasteiger charge is 2.03. The van der Waals surface area contributed by atoms with Crippen LogP contribution in [0.5, 0.6) is 0 Å². The van der Waals surface area contributed by atoms with Gasteiger partial charge in [0.15, 0.2) is 0 Å². The summed E-state index contributed by atoms with van der Waals surface area (Å²) in [5.41, 5.74) is 10.6. The number of nitrogens with two attached hydrogens (primary N) is 1. The Morgan fingerprint density at radius 3 is 2.81 bits per heavy atom. The van der Waals surface area contributed by atoms with Crippen molar-refractivity contribution in [3.8, 4) is 0 Å². The zero-order valence-corrected chi connectivity index (χ0v) is 12.7. The minimum Gasteiger partial charge on any atom is -0.399 e. The molecule has 5 heteroatoms. The molecule has 1 aromatic heterocycles. The lowest BCUT2D eigenvalue weighted by Gasteiger charge is -2.11. The highest BCUT2D eigenvalue weighted by Crippen LogP contribution is 2.25. The summed E-state index contributed by atoms with van der Waals surface area (Å²) in [4.78, 5) is 4.37. The Kier molecular flexibility index (Phi) is 3.35. The number of nitrogens with one attached hydrogen (secondary N) is 1. The molecule has 0 amide bonds. The second kappa shape index (κ2) is 5.18. The second-order valence-electron chi connectivity index (χ2n) is 5.09. The Morgan fingerprint density at radius 2 is 2.00 bits per heavy atom. The minimum atomic E-state index is 0.737. The van der Waals surface area contributed by atoms with Crippen molar-refractivity contribution < 1.29 is 0 Å². The van der Waals surface area contributed by atoms with Gasteiger partial charge in [-0.05, 0) is 42.8 Å². The number of rotatable bonds is 2. The van der Waals surface area contributed by atoms with Crippen LogP contribution >= 0.6 is 12.2 Å². The summed E-state index contributed by atoms with van der Waals surface area (Å²) in [5, 5.41) is 4.35. The molecule has 106 valence electrons. The van der Waals surface area contributed by atoms with E-state index in [9.17, 15) is 0 Å². The number of fused-ring (bicyclic) bond motifs is 1. The van der Waals surface area contributed by atoms with Gasteiger partial charge in [0.1, 0.15) is 4.64 Å². The molecule has 0 saturated carbocycles. The first-order valence-electron chi connectivity index (χ1n) is 6.63. The quantitative estimate of drug-likeness (QED) is 0.555. The van der Waals surface area contributed by atoms with Gasteiger partial charge in [-0.3, -0.25) is 0 Å². The average molecular weight is 296 g/mol. The van der Waals surface area contributed by atoms with E-state index >= 15 is 0 Å². The van der Waals surface area contributed by atoms with E-state index in [0.717, 1.165) is 38.2 Å². The Labute approximate surface area is 128 Å². The molecule has 2 aromatic carbocycles. The van der Waals surface area contributed by atoms with Crippen LogP contribution in [-0.2, 0) is 7.05 Å². The average Bonchev–Trinajstić information content (AvgIpc) is 2.47. The van der Waals surface area contributed by atoms with Gasteiger partial charge in [0.25, 0.3) is 0 Å². The van der Waals surface area contributed by atoms with E-state index in [2.05, 4.69) is 10.3 Å². The van der Waals surface area contributed by atoms with Crippen molar-refractivity contribution in [2.75, 3.05) is 11.1 Å². The summed E-state index contributed by atoms with van der Waals surface area (Å²) < 4.78 is 2.61. The molecule has 0 spiro atoms. The summed E-state index contributed by atoms with van der Waals surface area (Å²) in [7, 11) is 1.90. The fraction of sp³-hybridized carbons (Fsp3) is 0.125. The summed E-state index contributed by atoms with van der Waals surface area (Å²) in [5.74, 6) is 0. The van der Waals surface area contributed by atoms with Gasteiger partial charge in [-0.2, -0.15) is 0 Å². The maximum atomic E-state index is 5.85. The lowest BCUT2D eigenvalue weighted by atomic mass is 10.1. The molecular weight excluding hydrogens is 280 g/mol. The molecule has 0 fully saturated rings. The smallest absolute Gasteiger partial charge is 0.116 e. The first kappa shape index (κ1) is 13.6. The van der Waals surface area contributed by atoms with Crippen LogP contribution in [0.25, 0.3) is 10.9 Å². The summed E-state index contributed by atoms with van der Waals surface area (Å²) in [6.45, 7) is 2.04. The van der Waals surface area contributed by atoms with Crippen molar-refractivity contribution in [2.24, 2.45) is 7.05 Å². The first-order chi connectivity index (χ1) is 10.0. The molecule has 0 bridgehead atoms. The van der Waals surface area contributed by atoms with Crippen molar-refractivity contribution in [1.82, 2.24) is 9.55 Å². The molecule has 0 unspecified atom stereocenters. The highest BCUT2D eigenvalue weighted by atomic mass is 32.1. The molecule has 1 heterocycles. The van der Waals surface area contributed by atoms with Gasteiger partial charge in [0, 0.05) is 29.5 Å². The third kappa shape index (κ3) is 2.60. The molecular formula is C16H16N4S. The van der Waals surface area contributed by atoms with E-state index in [4.69, 9.17) is 18.0 Å². The van der Waals surface area contributed by atoms with E-state index in [1.54, 1.807) is 6.33 Å². The Bertz CT molecular complexity index is 883. The molecule has 0 aliphatic heterocycles. The summed E-state index contributed by atoms with van der Waals surface area (Å²) >= 11 is 5.44. The van der Waals surface area contributed by atoms with E-state index in [0.29, 0.717) is 0 Å². The monoisotopic (exact) mass is 296 g/mol. The molecule has 0 aliphatic carbocycles. The van der Waals surface area contributed by atoms with Gasteiger partial charge in [0.05, 0.1) is 11.8 Å². The van der Waals surface area contributed by atoms with Gasteiger partial charge in [-0.25, -0.2) is 4.98 Å². The number of aryl methyl sites for hydroxylation is 2. The third-order valence-electron chi connectivity index (χ3n) is 3.46. The molecule has 3 aromatic rings. The van der Waals surface area contributed by atoms with Crippen LogP contribution in [0.3, 0.4) is 0 Å². The lowest BCUT2D eigenvalue weighted by molar-refractivity contribution is 0.866. The number of nitrogens with zero attached hydrogens (tertiary/aromatic N) is 2. The Hall–Kier alpha value is -2.40. The van der Waals surface area contributed by atoms with Crippen molar-refractivity contribution in [3.63, 3.8) is 0 Å². The zero-order chi connectivity index (χ0) is 15.0.